The van der Waals surface area contributed by atoms with Crippen LogP contribution in [-0.4, -0.2) is 87.4 Å². The van der Waals surface area contributed by atoms with Crippen molar-refractivity contribution in [2.45, 2.75) is 289 Å². The molecule has 0 aliphatic rings. The zero-order chi connectivity index (χ0) is 56.9. The van der Waals surface area contributed by atoms with Gasteiger partial charge in [0.15, 0.2) is 6.10 Å². The maximum atomic E-state index is 12.9. The molecule has 0 aliphatic heterocycles. The highest BCUT2D eigenvalue weighted by molar-refractivity contribution is 5.71. The Labute approximate surface area is 480 Å². The van der Waals surface area contributed by atoms with Gasteiger partial charge in [0.1, 0.15) is 13.2 Å². The first-order valence-corrected chi connectivity index (χ1v) is 32.3. The Morgan fingerprint density at radius 1 is 0.397 bits per heavy atom. The summed E-state index contributed by atoms with van der Waals surface area (Å²) < 4.78 is 22.9. The number of carboxylic acids is 1. The first kappa shape index (κ1) is 74.5. The van der Waals surface area contributed by atoms with E-state index in [1.165, 1.54) is 154 Å². The van der Waals surface area contributed by atoms with Crippen molar-refractivity contribution >= 4 is 17.9 Å². The van der Waals surface area contributed by atoms with Crippen LogP contribution >= 0.6 is 0 Å². The van der Waals surface area contributed by atoms with Gasteiger partial charge in [0.05, 0.1) is 34.4 Å². The SMILES string of the molecule is CC/C=C\C/C=C\C/C=C\C/C=C\C/C=C\C/C=C\C/C=C\CCCCCCCCCC(=O)OC(COC(=O)CCCCCCCCCCCCCCCCCCCCCCCCCC)COC(OCC[N+](C)(C)C)C(=O)O. The van der Waals surface area contributed by atoms with Crippen LogP contribution in [0.3, 0.4) is 0 Å². The number of hydrogen-bond acceptors (Lipinski definition) is 7. The van der Waals surface area contributed by atoms with Crippen molar-refractivity contribution in [3.8, 4) is 0 Å². The van der Waals surface area contributed by atoms with Gasteiger partial charge in [0, 0.05) is 12.8 Å². The predicted octanol–water partition coefficient (Wildman–Crippen LogP) is 19.5. The number of unbranched alkanes of at least 4 members (excludes halogenated alkanes) is 30. The molecule has 2 unspecified atom stereocenters. The standard InChI is InChI=1S/C69H121NO8/c1-6-8-10-12-14-16-18-20-22-24-26-28-30-32-33-34-35-36-38-40-42-44-46-48-50-52-54-56-58-60-67(72)78-65(64-77-69(68(73)74)75-62-61-70(3,4)5)63-76-66(71)59-57-55-53-51-49-47-45-43-41-39-37-31-29-27-25-23-21-19-17-15-13-11-9-7-2/h8,10,14,16,20,22,26,28,32-33,35-36,40,42,65,69H,6-7,9,11-13,15,17-19,21,23-25,27,29-31,34,37-39,41,43-64H2,1-5H3/p+1/b10-8-,16-14-,22-20-,28-26-,33-32-,36-35-,42-40-. The van der Waals surface area contributed by atoms with E-state index in [2.05, 4.69) is 98.9 Å². The lowest BCUT2D eigenvalue weighted by molar-refractivity contribution is -0.870. The second kappa shape index (κ2) is 59.6. The molecular formula is C69H122NO8+. The van der Waals surface area contributed by atoms with Gasteiger partial charge in [-0.3, -0.25) is 9.59 Å². The smallest absolute Gasteiger partial charge is 0.361 e. The molecule has 0 saturated carbocycles. The molecule has 0 fully saturated rings. The fraction of sp³-hybridized carbons (Fsp3) is 0.754. The summed E-state index contributed by atoms with van der Waals surface area (Å²) in [5.74, 6) is -2.01. The van der Waals surface area contributed by atoms with Crippen LogP contribution in [0.2, 0.25) is 0 Å². The van der Waals surface area contributed by atoms with Crippen LogP contribution in [0.25, 0.3) is 0 Å². The fourth-order valence-electron chi connectivity index (χ4n) is 9.00. The van der Waals surface area contributed by atoms with Crippen LogP contribution in [0, 0.1) is 0 Å². The molecule has 0 aromatic heterocycles. The topological polar surface area (TPSA) is 108 Å². The van der Waals surface area contributed by atoms with E-state index in [1.54, 1.807) is 0 Å². The number of allylic oxidation sites excluding steroid dienone is 14. The first-order valence-electron chi connectivity index (χ1n) is 32.3. The minimum absolute atomic E-state index is 0.183. The van der Waals surface area contributed by atoms with Crippen molar-refractivity contribution in [2.24, 2.45) is 0 Å². The number of carboxylic acid groups (broad SMARTS) is 1. The van der Waals surface area contributed by atoms with Gasteiger partial charge in [-0.05, 0) is 70.6 Å². The van der Waals surface area contributed by atoms with E-state index in [0.717, 1.165) is 89.9 Å². The fourth-order valence-corrected chi connectivity index (χ4v) is 9.00. The normalized spacial score (nSPS) is 13.3. The molecule has 0 radical (unpaired) electrons. The maximum absolute atomic E-state index is 12.9. The summed E-state index contributed by atoms with van der Waals surface area (Å²) >= 11 is 0. The largest absolute Gasteiger partial charge is 0.477 e. The van der Waals surface area contributed by atoms with Crippen molar-refractivity contribution in [2.75, 3.05) is 47.5 Å². The van der Waals surface area contributed by atoms with Crippen LogP contribution in [-0.2, 0) is 33.3 Å². The zero-order valence-corrected chi connectivity index (χ0v) is 51.3. The van der Waals surface area contributed by atoms with E-state index in [-0.39, 0.29) is 32.2 Å². The maximum Gasteiger partial charge on any atom is 0.361 e. The molecule has 9 heteroatoms. The van der Waals surface area contributed by atoms with Crippen molar-refractivity contribution in [1.82, 2.24) is 0 Å². The quantitative estimate of drug-likeness (QED) is 0.0211. The Kier molecular flexibility index (Phi) is 56.9. The number of ether oxygens (including phenoxy) is 4. The third-order valence-corrected chi connectivity index (χ3v) is 13.9. The molecular weight excluding hydrogens is 971 g/mol. The van der Waals surface area contributed by atoms with Crippen LogP contribution in [0.4, 0.5) is 0 Å². The van der Waals surface area contributed by atoms with Crippen molar-refractivity contribution < 1.29 is 42.9 Å². The number of quaternary nitrogens is 1. The monoisotopic (exact) mass is 1090 g/mol. The molecule has 2 atom stereocenters. The Morgan fingerprint density at radius 3 is 1.09 bits per heavy atom. The Bertz CT molecular complexity index is 1550. The third-order valence-electron chi connectivity index (χ3n) is 13.9. The van der Waals surface area contributed by atoms with E-state index >= 15 is 0 Å². The van der Waals surface area contributed by atoms with Crippen molar-refractivity contribution in [3.05, 3.63) is 85.1 Å². The summed E-state index contributed by atoms with van der Waals surface area (Å²) in [7, 11) is 5.97. The van der Waals surface area contributed by atoms with Gasteiger partial charge in [-0.1, -0.05) is 279 Å². The number of carbonyl (C=O) groups excluding carboxylic acids is 2. The van der Waals surface area contributed by atoms with Crippen LogP contribution in [0.5, 0.6) is 0 Å². The lowest BCUT2D eigenvalue weighted by atomic mass is 10.0. The summed E-state index contributed by atoms with van der Waals surface area (Å²) in [6.07, 6.45) is 76.7. The van der Waals surface area contributed by atoms with Gasteiger partial charge in [-0.25, -0.2) is 4.79 Å². The summed E-state index contributed by atoms with van der Waals surface area (Å²) in [4.78, 5) is 37.5. The molecule has 450 valence electrons. The van der Waals surface area contributed by atoms with Crippen molar-refractivity contribution in [1.29, 1.82) is 0 Å². The Balaban J connectivity index is 4.22. The average Bonchev–Trinajstić information content (AvgIpc) is 3.41. The molecule has 0 bridgehead atoms. The van der Waals surface area contributed by atoms with Crippen LogP contribution in [0.15, 0.2) is 85.1 Å². The second-order valence-electron chi connectivity index (χ2n) is 22.7. The minimum atomic E-state index is -1.52. The highest BCUT2D eigenvalue weighted by Crippen LogP contribution is 2.17. The Hall–Kier alpha value is -3.53. The molecule has 0 heterocycles. The predicted molar refractivity (Wildman–Crippen MR) is 332 cm³/mol. The van der Waals surface area contributed by atoms with E-state index in [4.69, 9.17) is 18.9 Å². The summed E-state index contributed by atoms with van der Waals surface area (Å²) in [6.45, 7) is 4.78. The molecule has 0 spiro atoms. The van der Waals surface area contributed by atoms with E-state index in [1.807, 2.05) is 21.1 Å². The van der Waals surface area contributed by atoms with Gasteiger partial charge >= 0.3 is 17.9 Å². The average molecular weight is 1090 g/mol. The summed E-state index contributed by atoms with van der Waals surface area (Å²) in [5.41, 5.74) is 0. The second-order valence-corrected chi connectivity index (χ2v) is 22.7. The van der Waals surface area contributed by atoms with Gasteiger partial charge in [-0.2, -0.15) is 0 Å². The van der Waals surface area contributed by atoms with E-state index in [0.29, 0.717) is 23.9 Å². The molecule has 0 amide bonds. The number of hydrogen-bond donors (Lipinski definition) is 1. The lowest BCUT2D eigenvalue weighted by Crippen LogP contribution is -2.40. The molecule has 1 N–H and O–H groups in total. The van der Waals surface area contributed by atoms with Crippen LogP contribution in [0.1, 0.15) is 277 Å². The van der Waals surface area contributed by atoms with E-state index in [9.17, 15) is 19.5 Å². The summed E-state index contributed by atoms with van der Waals surface area (Å²) in [6, 6.07) is 0. The first-order chi connectivity index (χ1) is 38.1. The van der Waals surface area contributed by atoms with E-state index < -0.39 is 24.3 Å². The molecule has 0 saturated heterocycles. The third kappa shape index (κ3) is 60.1. The number of esters is 2. The molecule has 9 nitrogen and oxygen atoms in total. The van der Waals surface area contributed by atoms with Crippen molar-refractivity contribution in [3.63, 3.8) is 0 Å². The van der Waals surface area contributed by atoms with Gasteiger partial charge in [-0.15, -0.1) is 0 Å². The van der Waals surface area contributed by atoms with Gasteiger partial charge in [0.2, 0.25) is 0 Å². The number of nitrogens with zero attached hydrogens (tertiary/aromatic N) is 1. The number of rotatable bonds is 59. The molecule has 78 heavy (non-hydrogen) atoms. The summed E-state index contributed by atoms with van der Waals surface area (Å²) in [5, 5.41) is 9.73. The highest BCUT2D eigenvalue weighted by Gasteiger charge is 2.25. The highest BCUT2D eigenvalue weighted by atomic mass is 16.7. The Morgan fingerprint density at radius 2 is 0.731 bits per heavy atom. The van der Waals surface area contributed by atoms with Gasteiger partial charge in [0.25, 0.3) is 6.29 Å². The number of aliphatic carboxylic acids is 1. The minimum Gasteiger partial charge on any atom is -0.477 e. The number of likely N-dealkylation sites (N-methyl/N-ethyl adjacent to an activating group) is 1. The molecule has 0 aliphatic carbocycles. The lowest BCUT2D eigenvalue weighted by Gasteiger charge is -2.25. The zero-order valence-electron chi connectivity index (χ0n) is 51.3. The van der Waals surface area contributed by atoms with Crippen LogP contribution < -0.4 is 0 Å². The molecule has 0 aromatic rings. The molecule has 0 aromatic carbocycles. The number of carbonyl (C=O) groups is 3. The molecule has 0 rings (SSSR count). The van der Waals surface area contributed by atoms with Gasteiger partial charge < -0.3 is 28.5 Å².